The molecule has 0 aliphatic rings. The minimum atomic E-state index is -1.62. The van der Waals surface area contributed by atoms with Gasteiger partial charge in [-0.15, -0.1) is 12.4 Å². The highest BCUT2D eigenvalue weighted by Crippen LogP contribution is 2.30. The normalized spacial score (nSPS) is 13.2. The predicted molar refractivity (Wildman–Crippen MR) is 80.1 cm³/mol. The van der Waals surface area contributed by atoms with Gasteiger partial charge in [0.25, 0.3) is 0 Å². The number of amidine groups is 1. The third kappa shape index (κ3) is 2.89. The van der Waals surface area contributed by atoms with E-state index in [1.165, 1.54) is 0 Å². The average Bonchev–Trinajstić information content (AvgIpc) is 2.39. The summed E-state index contributed by atoms with van der Waals surface area (Å²) >= 11 is 5.82. The van der Waals surface area contributed by atoms with Crippen LogP contribution in [0.25, 0.3) is 0 Å². The van der Waals surface area contributed by atoms with Crippen LogP contribution in [0.15, 0.2) is 54.6 Å². The fourth-order valence-electron chi connectivity index (χ4n) is 1.85. The van der Waals surface area contributed by atoms with Crippen molar-refractivity contribution in [2.24, 2.45) is 5.73 Å². The van der Waals surface area contributed by atoms with Crippen LogP contribution in [0, 0.1) is 5.41 Å². The SMILES string of the molecule is Cl.N=C(N)C(O)(c1ccccc1)c1ccc(Cl)cc1. The van der Waals surface area contributed by atoms with Crippen molar-refractivity contribution >= 4 is 29.8 Å². The van der Waals surface area contributed by atoms with Gasteiger partial charge in [0.2, 0.25) is 0 Å². The first-order valence-corrected chi connectivity index (χ1v) is 5.81. The van der Waals surface area contributed by atoms with Crippen molar-refractivity contribution in [3.8, 4) is 0 Å². The van der Waals surface area contributed by atoms with Gasteiger partial charge < -0.3 is 10.8 Å². The third-order valence-corrected chi connectivity index (χ3v) is 3.10. The molecule has 2 aromatic rings. The summed E-state index contributed by atoms with van der Waals surface area (Å²) in [5.41, 5.74) is 5.03. The molecular formula is C14H14Cl2N2O. The van der Waals surface area contributed by atoms with Gasteiger partial charge in [-0.1, -0.05) is 54.1 Å². The molecule has 0 saturated carbocycles. The van der Waals surface area contributed by atoms with Crippen molar-refractivity contribution in [2.45, 2.75) is 5.60 Å². The molecule has 0 fully saturated rings. The molecule has 0 amide bonds. The Morgan fingerprint density at radius 2 is 1.47 bits per heavy atom. The second-order valence-electron chi connectivity index (χ2n) is 4.00. The summed E-state index contributed by atoms with van der Waals surface area (Å²) in [7, 11) is 0. The molecule has 1 atom stereocenters. The molecule has 0 radical (unpaired) electrons. The van der Waals surface area contributed by atoms with Crippen LogP contribution < -0.4 is 5.73 Å². The topological polar surface area (TPSA) is 70.1 Å². The monoisotopic (exact) mass is 296 g/mol. The van der Waals surface area contributed by atoms with E-state index in [4.69, 9.17) is 22.7 Å². The molecule has 4 N–H and O–H groups in total. The van der Waals surface area contributed by atoms with Crippen LogP contribution in [0.1, 0.15) is 11.1 Å². The highest BCUT2D eigenvalue weighted by atomic mass is 35.5. The number of hydrogen-bond acceptors (Lipinski definition) is 2. The lowest BCUT2D eigenvalue weighted by molar-refractivity contribution is 0.153. The Morgan fingerprint density at radius 3 is 1.95 bits per heavy atom. The van der Waals surface area contributed by atoms with Crippen LogP contribution in [0.4, 0.5) is 0 Å². The molecule has 0 aliphatic carbocycles. The van der Waals surface area contributed by atoms with E-state index < -0.39 is 5.60 Å². The fourth-order valence-corrected chi connectivity index (χ4v) is 1.97. The van der Waals surface area contributed by atoms with Crippen LogP contribution in [-0.4, -0.2) is 10.9 Å². The lowest BCUT2D eigenvalue weighted by Crippen LogP contribution is -2.41. The number of halogens is 2. The molecule has 2 rings (SSSR count). The fraction of sp³-hybridized carbons (Fsp3) is 0.0714. The van der Waals surface area contributed by atoms with Gasteiger partial charge in [0, 0.05) is 5.02 Å². The Hall–Kier alpha value is -1.55. The Balaban J connectivity index is 0.00000180. The molecule has 0 aliphatic heterocycles. The lowest BCUT2D eigenvalue weighted by Gasteiger charge is -2.27. The van der Waals surface area contributed by atoms with E-state index in [0.717, 1.165) is 0 Å². The second-order valence-corrected chi connectivity index (χ2v) is 4.43. The predicted octanol–water partition coefficient (Wildman–Crippen LogP) is 2.93. The maximum Gasteiger partial charge on any atom is 0.171 e. The van der Waals surface area contributed by atoms with Gasteiger partial charge in [0.15, 0.2) is 5.60 Å². The zero-order chi connectivity index (χ0) is 13.2. The van der Waals surface area contributed by atoms with Crippen LogP contribution in [0.2, 0.25) is 5.02 Å². The van der Waals surface area contributed by atoms with Crippen LogP contribution in [0.3, 0.4) is 0 Å². The number of hydrogen-bond donors (Lipinski definition) is 3. The molecule has 0 aromatic heterocycles. The summed E-state index contributed by atoms with van der Waals surface area (Å²) in [5, 5.41) is 19.0. The molecule has 0 heterocycles. The summed E-state index contributed by atoms with van der Waals surface area (Å²) < 4.78 is 0. The molecule has 1 unspecified atom stereocenters. The van der Waals surface area contributed by atoms with Crippen molar-refractivity contribution in [2.75, 3.05) is 0 Å². The average molecular weight is 297 g/mol. The van der Waals surface area contributed by atoms with E-state index in [9.17, 15) is 5.11 Å². The molecule has 0 bridgehead atoms. The van der Waals surface area contributed by atoms with E-state index >= 15 is 0 Å². The highest BCUT2D eigenvalue weighted by molar-refractivity contribution is 6.30. The van der Waals surface area contributed by atoms with Crippen molar-refractivity contribution in [3.05, 3.63) is 70.7 Å². The minimum absolute atomic E-state index is 0. The van der Waals surface area contributed by atoms with Crippen LogP contribution in [-0.2, 0) is 5.60 Å². The van der Waals surface area contributed by atoms with Gasteiger partial charge in [-0.25, -0.2) is 0 Å². The van der Waals surface area contributed by atoms with E-state index in [1.807, 2.05) is 6.07 Å². The zero-order valence-corrected chi connectivity index (χ0v) is 11.6. The molecule has 0 spiro atoms. The Labute approximate surface area is 122 Å². The standard InChI is InChI=1S/C14H13ClN2O.ClH/c15-12-8-6-11(7-9-12)14(18,13(16)17)10-4-2-1-3-5-10;/h1-9,18H,(H3,16,17);1H. The minimum Gasteiger partial charge on any atom is -0.385 e. The van der Waals surface area contributed by atoms with Crippen LogP contribution >= 0.6 is 24.0 Å². The maximum absolute atomic E-state index is 10.7. The largest absolute Gasteiger partial charge is 0.385 e. The van der Waals surface area contributed by atoms with Gasteiger partial charge in [0.05, 0.1) is 0 Å². The number of benzene rings is 2. The maximum atomic E-state index is 10.7. The number of nitrogens with one attached hydrogen (secondary N) is 1. The van der Waals surface area contributed by atoms with Gasteiger partial charge in [0.1, 0.15) is 5.84 Å². The Morgan fingerprint density at radius 1 is 1.00 bits per heavy atom. The van der Waals surface area contributed by atoms with Crippen molar-refractivity contribution in [1.82, 2.24) is 0 Å². The first kappa shape index (κ1) is 15.5. The number of aliphatic hydroxyl groups is 1. The van der Waals surface area contributed by atoms with Crippen molar-refractivity contribution in [3.63, 3.8) is 0 Å². The molecule has 0 saturated heterocycles. The number of nitrogens with two attached hydrogens (primary N) is 1. The van der Waals surface area contributed by atoms with Crippen LogP contribution in [0.5, 0.6) is 0 Å². The quantitative estimate of drug-likeness (QED) is 0.602. The molecule has 3 nitrogen and oxygen atoms in total. The second kappa shape index (κ2) is 6.06. The summed E-state index contributed by atoms with van der Waals surface area (Å²) in [5.74, 6) is -0.323. The summed E-state index contributed by atoms with van der Waals surface area (Å²) in [6, 6.07) is 15.5. The Bertz CT molecular complexity index is 557. The molecular weight excluding hydrogens is 283 g/mol. The van der Waals surface area contributed by atoms with Gasteiger partial charge in [-0.05, 0) is 23.3 Å². The highest BCUT2D eigenvalue weighted by Gasteiger charge is 2.35. The zero-order valence-electron chi connectivity index (χ0n) is 10.0. The smallest absolute Gasteiger partial charge is 0.171 e. The van der Waals surface area contributed by atoms with Gasteiger partial charge >= 0.3 is 0 Å². The molecule has 19 heavy (non-hydrogen) atoms. The molecule has 5 heteroatoms. The molecule has 100 valence electrons. The van der Waals surface area contributed by atoms with E-state index in [0.29, 0.717) is 16.1 Å². The summed E-state index contributed by atoms with van der Waals surface area (Å²) in [6.45, 7) is 0. The van der Waals surface area contributed by atoms with E-state index in [2.05, 4.69) is 0 Å². The first-order chi connectivity index (χ1) is 8.55. The summed E-state index contributed by atoms with van der Waals surface area (Å²) in [4.78, 5) is 0. The van der Waals surface area contributed by atoms with Crippen molar-refractivity contribution < 1.29 is 5.11 Å². The molecule has 2 aromatic carbocycles. The van der Waals surface area contributed by atoms with Crippen molar-refractivity contribution in [1.29, 1.82) is 5.41 Å². The lowest BCUT2D eigenvalue weighted by atomic mass is 9.85. The Kier molecular flexibility index (Phi) is 4.95. The number of rotatable bonds is 3. The van der Waals surface area contributed by atoms with Gasteiger partial charge in [-0.2, -0.15) is 0 Å². The summed E-state index contributed by atoms with van der Waals surface area (Å²) in [6.07, 6.45) is 0. The third-order valence-electron chi connectivity index (χ3n) is 2.84. The van der Waals surface area contributed by atoms with E-state index in [1.54, 1.807) is 48.5 Å². The first-order valence-electron chi connectivity index (χ1n) is 5.43. The van der Waals surface area contributed by atoms with Gasteiger partial charge in [-0.3, -0.25) is 5.41 Å². The van der Waals surface area contributed by atoms with E-state index in [-0.39, 0.29) is 18.2 Å².